The molecule has 0 saturated carbocycles. The summed E-state index contributed by atoms with van der Waals surface area (Å²) in [5, 5.41) is 0. The summed E-state index contributed by atoms with van der Waals surface area (Å²) >= 11 is 0. The van der Waals surface area contributed by atoms with Crippen LogP contribution in [0.3, 0.4) is 0 Å². The molecule has 0 amide bonds. The lowest BCUT2D eigenvalue weighted by Crippen LogP contribution is -2.12. The van der Waals surface area contributed by atoms with Crippen molar-refractivity contribution in [3.8, 4) is 0 Å². The van der Waals surface area contributed by atoms with Crippen LogP contribution in [0.25, 0.3) is 0 Å². The van der Waals surface area contributed by atoms with Crippen molar-refractivity contribution in [2.75, 3.05) is 0 Å². The highest BCUT2D eigenvalue weighted by atomic mass is 14.2. The molecule has 0 spiro atoms. The summed E-state index contributed by atoms with van der Waals surface area (Å²) in [5.41, 5.74) is 0.514. The van der Waals surface area contributed by atoms with Gasteiger partial charge in [-0.15, -0.1) is 0 Å². The van der Waals surface area contributed by atoms with Crippen molar-refractivity contribution in [1.29, 1.82) is 0 Å². The molecule has 16 heavy (non-hydrogen) atoms. The van der Waals surface area contributed by atoms with Crippen LogP contribution in [0.1, 0.15) is 86.5 Å². The van der Waals surface area contributed by atoms with Gasteiger partial charge in [-0.1, -0.05) is 67.2 Å². The molecule has 0 heteroatoms. The Morgan fingerprint density at radius 1 is 0.812 bits per heavy atom. The summed E-state index contributed by atoms with van der Waals surface area (Å²) < 4.78 is 0. The fraction of sp³-hybridized carbons (Fsp3) is 1.00. The molecule has 0 saturated heterocycles. The summed E-state index contributed by atoms with van der Waals surface area (Å²) in [6.07, 6.45) is 9.82. The average molecular weight is 226 g/mol. The summed E-state index contributed by atoms with van der Waals surface area (Å²) in [6.45, 7) is 14.1. The van der Waals surface area contributed by atoms with Gasteiger partial charge in [0, 0.05) is 0 Å². The van der Waals surface area contributed by atoms with Crippen LogP contribution in [0.4, 0.5) is 0 Å². The zero-order valence-electron chi connectivity index (χ0n) is 12.6. The number of hydrogen-bond acceptors (Lipinski definition) is 0. The molecule has 0 rings (SSSR count). The highest BCUT2D eigenvalue weighted by Crippen LogP contribution is 2.30. The van der Waals surface area contributed by atoms with E-state index in [1.807, 2.05) is 0 Å². The van der Waals surface area contributed by atoms with Gasteiger partial charge in [0.1, 0.15) is 0 Å². The largest absolute Gasteiger partial charge is 0.0654 e. The van der Waals surface area contributed by atoms with E-state index in [0.29, 0.717) is 5.41 Å². The zero-order chi connectivity index (χ0) is 12.6. The maximum atomic E-state index is 2.37. The summed E-state index contributed by atoms with van der Waals surface area (Å²) in [7, 11) is 0. The van der Waals surface area contributed by atoms with Crippen LogP contribution in [0.15, 0.2) is 0 Å². The van der Waals surface area contributed by atoms with Crippen molar-refractivity contribution in [2.24, 2.45) is 17.3 Å². The van der Waals surface area contributed by atoms with Crippen LogP contribution in [0, 0.1) is 17.3 Å². The van der Waals surface area contributed by atoms with E-state index in [2.05, 4.69) is 41.5 Å². The predicted octanol–water partition coefficient (Wildman–Crippen LogP) is 6.06. The van der Waals surface area contributed by atoms with Crippen LogP contribution in [-0.2, 0) is 0 Å². The summed E-state index contributed by atoms with van der Waals surface area (Å²) in [5.74, 6) is 1.95. The quantitative estimate of drug-likeness (QED) is 0.472. The van der Waals surface area contributed by atoms with Crippen molar-refractivity contribution in [2.45, 2.75) is 86.5 Å². The molecule has 0 nitrogen and oxygen atoms in total. The minimum atomic E-state index is 0.514. The first-order chi connectivity index (χ1) is 7.42. The molecule has 2 unspecified atom stereocenters. The van der Waals surface area contributed by atoms with Gasteiger partial charge in [-0.2, -0.15) is 0 Å². The van der Waals surface area contributed by atoms with E-state index in [4.69, 9.17) is 0 Å². The highest BCUT2D eigenvalue weighted by molar-refractivity contribution is 4.69. The minimum Gasteiger partial charge on any atom is -0.0654 e. The van der Waals surface area contributed by atoms with E-state index in [1.54, 1.807) is 0 Å². The lowest BCUT2D eigenvalue weighted by molar-refractivity contribution is 0.270. The Balaban J connectivity index is 3.98. The second kappa shape index (κ2) is 8.14. The normalized spacial score (nSPS) is 16.1. The first-order valence-electron chi connectivity index (χ1n) is 7.42. The molecule has 0 fully saturated rings. The van der Waals surface area contributed by atoms with Crippen molar-refractivity contribution in [1.82, 2.24) is 0 Å². The Labute approximate surface area is 104 Å². The third-order valence-electron chi connectivity index (χ3n) is 3.82. The molecule has 0 aromatic heterocycles. The van der Waals surface area contributed by atoms with E-state index in [9.17, 15) is 0 Å². The van der Waals surface area contributed by atoms with Gasteiger partial charge >= 0.3 is 0 Å². The Hall–Kier alpha value is 0. The van der Waals surface area contributed by atoms with Crippen LogP contribution in [0.2, 0.25) is 0 Å². The molecule has 98 valence electrons. The summed E-state index contributed by atoms with van der Waals surface area (Å²) in [4.78, 5) is 0. The van der Waals surface area contributed by atoms with Crippen LogP contribution >= 0.6 is 0 Å². The molecule has 0 aliphatic heterocycles. The van der Waals surface area contributed by atoms with E-state index in [0.717, 1.165) is 11.8 Å². The first kappa shape index (κ1) is 16.0. The fourth-order valence-corrected chi connectivity index (χ4v) is 2.49. The van der Waals surface area contributed by atoms with E-state index in [1.165, 1.54) is 44.9 Å². The van der Waals surface area contributed by atoms with Gasteiger partial charge in [-0.05, 0) is 36.5 Å². The van der Waals surface area contributed by atoms with Crippen molar-refractivity contribution >= 4 is 0 Å². The standard InChI is InChI=1S/C16H34/c1-7-10-14(8-2)13-15(9-3)11-12-16(4,5)6/h14-15H,7-13H2,1-6H3. The smallest absolute Gasteiger partial charge is 0.0383 e. The topological polar surface area (TPSA) is 0 Å². The SMILES string of the molecule is CCCC(CC)CC(CC)CCC(C)(C)C. The molecule has 0 aliphatic carbocycles. The van der Waals surface area contributed by atoms with Crippen molar-refractivity contribution in [3.63, 3.8) is 0 Å². The molecule has 0 heterocycles. The Kier molecular flexibility index (Phi) is 8.14. The van der Waals surface area contributed by atoms with Gasteiger partial charge in [0.05, 0.1) is 0 Å². The molecule has 0 bridgehead atoms. The minimum absolute atomic E-state index is 0.514. The van der Waals surface area contributed by atoms with E-state index < -0.39 is 0 Å². The fourth-order valence-electron chi connectivity index (χ4n) is 2.49. The van der Waals surface area contributed by atoms with Crippen molar-refractivity contribution in [3.05, 3.63) is 0 Å². The van der Waals surface area contributed by atoms with Gasteiger partial charge in [0.15, 0.2) is 0 Å². The zero-order valence-corrected chi connectivity index (χ0v) is 12.6. The van der Waals surface area contributed by atoms with Crippen LogP contribution < -0.4 is 0 Å². The van der Waals surface area contributed by atoms with Crippen LogP contribution in [-0.4, -0.2) is 0 Å². The number of rotatable bonds is 8. The molecule has 0 aliphatic rings. The first-order valence-corrected chi connectivity index (χ1v) is 7.42. The maximum absolute atomic E-state index is 2.37. The molecule has 0 radical (unpaired) electrons. The average Bonchev–Trinajstić information content (AvgIpc) is 2.21. The van der Waals surface area contributed by atoms with Crippen molar-refractivity contribution < 1.29 is 0 Å². The van der Waals surface area contributed by atoms with Gasteiger partial charge in [0.2, 0.25) is 0 Å². The predicted molar refractivity (Wildman–Crippen MR) is 75.8 cm³/mol. The van der Waals surface area contributed by atoms with Gasteiger partial charge in [-0.3, -0.25) is 0 Å². The third kappa shape index (κ3) is 8.19. The highest BCUT2D eigenvalue weighted by Gasteiger charge is 2.17. The Morgan fingerprint density at radius 3 is 1.69 bits per heavy atom. The second-order valence-corrected chi connectivity index (χ2v) is 6.67. The lowest BCUT2D eigenvalue weighted by Gasteiger charge is -2.25. The van der Waals surface area contributed by atoms with Gasteiger partial charge in [-0.25, -0.2) is 0 Å². The second-order valence-electron chi connectivity index (χ2n) is 6.67. The van der Waals surface area contributed by atoms with E-state index in [-0.39, 0.29) is 0 Å². The monoisotopic (exact) mass is 226 g/mol. The lowest BCUT2D eigenvalue weighted by atomic mass is 9.81. The molecule has 0 aromatic rings. The molecule has 0 aromatic carbocycles. The molecular formula is C16H34. The number of hydrogen-bond donors (Lipinski definition) is 0. The Morgan fingerprint density at radius 2 is 1.31 bits per heavy atom. The molecule has 0 N–H and O–H groups in total. The maximum Gasteiger partial charge on any atom is -0.0383 e. The van der Waals surface area contributed by atoms with Gasteiger partial charge in [0.25, 0.3) is 0 Å². The van der Waals surface area contributed by atoms with Crippen LogP contribution in [0.5, 0.6) is 0 Å². The molecule has 2 atom stereocenters. The van der Waals surface area contributed by atoms with E-state index >= 15 is 0 Å². The molecular weight excluding hydrogens is 192 g/mol. The van der Waals surface area contributed by atoms with Gasteiger partial charge < -0.3 is 0 Å². The summed E-state index contributed by atoms with van der Waals surface area (Å²) in [6, 6.07) is 0. The Bertz CT molecular complexity index is 152. The third-order valence-corrected chi connectivity index (χ3v) is 3.82.